The zero-order chi connectivity index (χ0) is 21.0. The highest BCUT2D eigenvalue weighted by molar-refractivity contribution is 7.19. The van der Waals surface area contributed by atoms with Crippen molar-refractivity contribution >= 4 is 39.8 Å². The second-order valence-corrected chi connectivity index (χ2v) is 7.41. The van der Waals surface area contributed by atoms with Crippen LogP contribution in [0.15, 0.2) is 54.6 Å². The minimum absolute atomic E-state index is 0.177. The summed E-state index contributed by atoms with van der Waals surface area (Å²) in [5.41, 5.74) is 2.75. The topological polar surface area (TPSA) is 84.5 Å². The predicted octanol–water partition coefficient (Wildman–Crippen LogP) is 4.66. The third-order valence-corrected chi connectivity index (χ3v) is 5.52. The first-order chi connectivity index (χ1) is 13.9. The molecule has 3 aromatic rings. The number of amides is 2. The highest BCUT2D eigenvalue weighted by Crippen LogP contribution is 2.34. The van der Waals surface area contributed by atoms with E-state index in [1.54, 1.807) is 31.2 Å². The number of aryl methyl sites for hydroxylation is 1. The smallest absolute Gasteiger partial charge is 0.341 e. The maximum atomic E-state index is 12.7. The van der Waals surface area contributed by atoms with Crippen LogP contribution in [0.25, 0.3) is 0 Å². The molecule has 0 aliphatic heterocycles. The third kappa shape index (κ3) is 4.52. The summed E-state index contributed by atoms with van der Waals surface area (Å²) in [6.07, 6.45) is 0. The van der Waals surface area contributed by atoms with Gasteiger partial charge in [-0.3, -0.25) is 9.59 Å². The Morgan fingerprint density at radius 2 is 1.52 bits per heavy atom. The minimum Gasteiger partial charge on any atom is -0.465 e. The van der Waals surface area contributed by atoms with Gasteiger partial charge in [0, 0.05) is 11.3 Å². The number of carbonyl (C=O) groups is 3. The van der Waals surface area contributed by atoms with Crippen LogP contribution in [0.5, 0.6) is 0 Å². The van der Waals surface area contributed by atoms with Crippen LogP contribution in [0.1, 0.15) is 41.5 Å². The number of hydrogen-bond donors (Lipinski definition) is 2. The molecule has 148 valence electrons. The van der Waals surface area contributed by atoms with Gasteiger partial charge in [-0.1, -0.05) is 35.9 Å². The minimum atomic E-state index is -0.614. The van der Waals surface area contributed by atoms with E-state index in [9.17, 15) is 14.4 Å². The van der Waals surface area contributed by atoms with Crippen LogP contribution in [0.2, 0.25) is 0 Å². The molecule has 6 nitrogen and oxygen atoms in total. The molecule has 3 rings (SSSR count). The molecule has 0 aliphatic rings. The quantitative estimate of drug-likeness (QED) is 0.602. The first-order valence-electron chi connectivity index (χ1n) is 8.87. The molecule has 0 atom stereocenters. The van der Waals surface area contributed by atoms with Crippen LogP contribution >= 0.6 is 11.3 Å². The average molecular weight is 408 g/mol. The van der Waals surface area contributed by atoms with Crippen LogP contribution < -0.4 is 10.6 Å². The van der Waals surface area contributed by atoms with Crippen LogP contribution in [-0.4, -0.2) is 24.9 Å². The first kappa shape index (κ1) is 20.3. The third-order valence-electron chi connectivity index (χ3n) is 4.32. The van der Waals surface area contributed by atoms with Gasteiger partial charge in [-0.2, -0.15) is 0 Å². The zero-order valence-corrected chi connectivity index (χ0v) is 17.1. The van der Waals surface area contributed by atoms with Crippen molar-refractivity contribution in [2.45, 2.75) is 13.8 Å². The van der Waals surface area contributed by atoms with E-state index in [1.807, 2.05) is 37.3 Å². The molecule has 0 bridgehead atoms. The van der Waals surface area contributed by atoms with E-state index < -0.39 is 5.97 Å². The Morgan fingerprint density at radius 1 is 0.862 bits per heavy atom. The molecule has 2 aromatic carbocycles. The number of para-hydroxylation sites is 1. The van der Waals surface area contributed by atoms with Gasteiger partial charge in [-0.15, -0.1) is 11.3 Å². The standard InChI is InChI=1S/C22H20N2O4S/c1-13-9-11-15(12-10-13)19(25)24-21-17(22(27)28-3)14(2)18(29-21)20(26)23-16-7-5-4-6-8-16/h4-12H,1-3H3,(H,23,26)(H,24,25). The van der Waals surface area contributed by atoms with Gasteiger partial charge < -0.3 is 15.4 Å². The molecule has 0 saturated heterocycles. The Kier molecular flexibility index (Phi) is 6.09. The average Bonchev–Trinajstić information content (AvgIpc) is 3.04. The highest BCUT2D eigenvalue weighted by Gasteiger charge is 2.26. The van der Waals surface area contributed by atoms with E-state index in [0.29, 0.717) is 21.7 Å². The van der Waals surface area contributed by atoms with E-state index in [0.717, 1.165) is 16.9 Å². The predicted molar refractivity (Wildman–Crippen MR) is 114 cm³/mol. The lowest BCUT2D eigenvalue weighted by molar-refractivity contribution is 0.0601. The summed E-state index contributed by atoms with van der Waals surface area (Å²) in [6.45, 7) is 3.58. The molecule has 1 heterocycles. The van der Waals surface area contributed by atoms with E-state index in [1.165, 1.54) is 7.11 Å². The van der Waals surface area contributed by atoms with Crippen molar-refractivity contribution in [3.63, 3.8) is 0 Å². The van der Waals surface area contributed by atoms with Gasteiger partial charge in [0.25, 0.3) is 11.8 Å². The summed E-state index contributed by atoms with van der Waals surface area (Å²) >= 11 is 1.04. The van der Waals surface area contributed by atoms with Crippen molar-refractivity contribution in [3.8, 4) is 0 Å². The van der Waals surface area contributed by atoms with Crippen molar-refractivity contribution in [2.75, 3.05) is 17.7 Å². The van der Waals surface area contributed by atoms with Gasteiger partial charge >= 0.3 is 5.97 Å². The van der Waals surface area contributed by atoms with Crippen molar-refractivity contribution in [3.05, 3.63) is 81.7 Å². The Morgan fingerprint density at radius 3 is 2.14 bits per heavy atom. The Bertz CT molecular complexity index is 1060. The van der Waals surface area contributed by atoms with E-state index in [4.69, 9.17) is 4.74 Å². The van der Waals surface area contributed by atoms with E-state index >= 15 is 0 Å². The number of hydrogen-bond acceptors (Lipinski definition) is 5. The maximum Gasteiger partial charge on any atom is 0.341 e. The van der Waals surface area contributed by atoms with Crippen LogP contribution in [0, 0.1) is 13.8 Å². The summed E-state index contributed by atoms with van der Waals surface area (Å²) in [5, 5.41) is 5.81. The molecule has 0 spiro atoms. The lowest BCUT2D eigenvalue weighted by Crippen LogP contribution is -2.14. The number of ether oxygens (including phenoxy) is 1. The lowest BCUT2D eigenvalue weighted by Gasteiger charge is -2.06. The summed E-state index contributed by atoms with van der Waals surface area (Å²) in [5.74, 6) is -1.34. The van der Waals surface area contributed by atoms with Gasteiger partial charge in [0.15, 0.2) is 0 Å². The zero-order valence-electron chi connectivity index (χ0n) is 16.2. The summed E-state index contributed by atoms with van der Waals surface area (Å²) in [6, 6.07) is 16.1. The summed E-state index contributed by atoms with van der Waals surface area (Å²) in [7, 11) is 1.26. The number of thiophene rings is 1. The number of esters is 1. The second kappa shape index (κ2) is 8.70. The molecule has 0 unspecified atom stereocenters. The molecular formula is C22H20N2O4S. The van der Waals surface area contributed by atoms with Crippen molar-refractivity contribution in [1.82, 2.24) is 0 Å². The number of rotatable bonds is 5. The van der Waals surface area contributed by atoms with Crippen molar-refractivity contribution < 1.29 is 19.1 Å². The van der Waals surface area contributed by atoms with Gasteiger partial charge in [0.05, 0.1) is 17.6 Å². The monoisotopic (exact) mass is 408 g/mol. The molecule has 0 fully saturated rings. The van der Waals surface area contributed by atoms with Crippen LogP contribution in [-0.2, 0) is 4.74 Å². The van der Waals surface area contributed by atoms with Crippen LogP contribution in [0.4, 0.5) is 10.7 Å². The van der Waals surface area contributed by atoms with E-state index in [2.05, 4.69) is 10.6 Å². The number of nitrogens with one attached hydrogen (secondary N) is 2. The molecule has 0 aliphatic carbocycles. The number of carbonyl (C=O) groups excluding carboxylic acids is 3. The Labute approximate surface area is 172 Å². The first-order valence-corrected chi connectivity index (χ1v) is 9.68. The Hall–Kier alpha value is -3.45. The van der Waals surface area contributed by atoms with Gasteiger partial charge in [0.2, 0.25) is 0 Å². The van der Waals surface area contributed by atoms with E-state index in [-0.39, 0.29) is 22.4 Å². The molecular weight excluding hydrogens is 388 g/mol. The van der Waals surface area contributed by atoms with Crippen LogP contribution in [0.3, 0.4) is 0 Å². The molecule has 29 heavy (non-hydrogen) atoms. The summed E-state index contributed by atoms with van der Waals surface area (Å²) in [4.78, 5) is 38.0. The van der Waals surface area contributed by atoms with Gasteiger partial charge in [-0.05, 0) is 43.7 Å². The second-order valence-electron chi connectivity index (χ2n) is 6.39. The number of methoxy groups -OCH3 is 1. The largest absolute Gasteiger partial charge is 0.465 e. The fourth-order valence-corrected chi connectivity index (χ4v) is 3.84. The molecule has 7 heteroatoms. The Balaban J connectivity index is 1.92. The maximum absolute atomic E-state index is 12.7. The molecule has 0 radical (unpaired) electrons. The fourth-order valence-electron chi connectivity index (χ4n) is 2.76. The SMILES string of the molecule is COC(=O)c1c(NC(=O)c2ccc(C)cc2)sc(C(=O)Nc2ccccc2)c1C. The van der Waals surface area contributed by atoms with Gasteiger partial charge in [-0.25, -0.2) is 4.79 Å². The summed E-state index contributed by atoms with van der Waals surface area (Å²) < 4.78 is 4.86. The lowest BCUT2D eigenvalue weighted by atomic mass is 10.1. The fraction of sp³-hybridized carbons (Fsp3) is 0.136. The molecule has 2 N–H and O–H groups in total. The van der Waals surface area contributed by atoms with Gasteiger partial charge in [0.1, 0.15) is 5.00 Å². The number of benzene rings is 2. The normalized spacial score (nSPS) is 10.3. The molecule has 1 aromatic heterocycles. The molecule has 0 saturated carbocycles. The number of anilines is 2. The highest BCUT2D eigenvalue weighted by atomic mass is 32.1. The van der Waals surface area contributed by atoms with Crippen molar-refractivity contribution in [2.24, 2.45) is 0 Å². The van der Waals surface area contributed by atoms with Crippen molar-refractivity contribution in [1.29, 1.82) is 0 Å². The molecule has 2 amide bonds.